The summed E-state index contributed by atoms with van der Waals surface area (Å²) >= 11 is 9.23. The zero-order valence-electron chi connectivity index (χ0n) is 11.3. The highest BCUT2D eigenvalue weighted by atomic mass is 79.9. The van der Waals surface area contributed by atoms with Gasteiger partial charge < -0.3 is 10.1 Å². The van der Waals surface area contributed by atoms with E-state index in [2.05, 4.69) is 21.2 Å². The quantitative estimate of drug-likeness (QED) is 0.629. The standard InChI is InChI=1S/C14H10BrClN2O4/c1-22-13-5-2-8(6-10(13)15)14(19)17-12-7-9(18(20)21)3-4-11(12)16/h2-7H,1H3,(H,17,19). The minimum Gasteiger partial charge on any atom is -0.496 e. The lowest BCUT2D eigenvalue weighted by Crippen LogP contribution is -2.12. The van der Waals surface area contributed by atoms with Crippen molar-refractivity contribution in [1.29, 1.82) is 0 Å². The molecule has 0 aliphatic heterocycles. The Balaban J connectivity index is 2.27. The Morgan fingerprint density at radius 2 is 2.05 bits per heavy atom. The molecule has 0 spiro atoms. The van der Waals surface area contributed by atoms with Crippen molar-refractivity contribution in [2.45, 2.75) is 0 Å². The number of anilines is 1. The van der Waals surface area contributed by atoms with E-state index in [1.165, 1.54) is 25.3 Å². The fourth-order valence-electron chi connectivity index (χ4n) is 1.72. The van der Waals surface area contributed by atoms with Gasteiger partial charge in [0.2, 0.25) is 0 Å². The van der Waals surface area contributed by atoms with Gasteiger partial charge in [-0.25, -0.2) is 0 Å². The number of non-ortho nitro benzene ring substituents is 1. The molecule has 0 aromatic heterocycles. The number of hydrogen-bond acceptors (Lipinski definition) is 4. The van der Waals surface area contributed by atoms with Crippen LogP contribution in [0.25, 0.3) is 0 Å². The number of rotatable bonds is 4. The van der Waals surface area contributed by atoms with Gasteiger partial charge in [0.15, 0.2) is 0 Å². The molecule has 114 valence electrons. The fraction of sp³-hybridized carbons (Fsp3) is 0.0714. The van der Waals surface area contributed by atoms with Crippen LogP contribution in [0.1, 0.15) is 10.4 Å². The molecule has 0 radical (unpaired) electrons. The molecule has 0 aliphatic carbocycles. The summed E-state index contributed by atoms with van der Waals surface area (Å²) < 4.78 is 5.70. The molecule has 0 bridgehead atoms. The predicted octanol–water partition coefficient (Wildman–Crippen LogP) is 4.27. The van der Waals surface area contributed by atoms with Gasteiger partial charge in [-0.1, -0.05) is 11.6 Å². The number of nitrogens with zero attached hydrogens (tertiary/aromatic N) is 1. The first kappa shape index (κ1) is 16.3. The Bertz CT molecular complexity index is 752. The average Bonchev–Trinajstić information content (AvgIpc) is 2.49. The Labute approximate surface area is 139 Å². The molecule has 0 atom stereocenters. The van der Waals surface area contributed by atoms with Gasteiger partial charge in [0.05, 0.1) is 27.2 Å². The predicted molar refractivity (Wildman–Crippen MR) is 86.8 cm³/mol. The smallest absolute Gasteiger partial charge is 0.271 e. The number of nitrogens with one attached hydrogen (secondary N) is 1. The number of methoxy groups -OCH3 is 1. The highest BCUT2D eigenvalue weighted by Gasteiger charge is 2.14. The van der Waals surface area contributed by atoms with Crippen LogP contribution in [0.15, 0.2) is 40.9 Å². The highest BCUT2D eigenvalue weighted by molar-refractivity contribution is 9.10. The van der Waals surface area contributed by atoms with Crippen LogP contribution in [0.3, 0.4) is 0 Å². The molecule has 0 fully saturated rings. The molecule has 0 heterocycles. The number of carbonyl (C=O) groups is 1. The zero-order chi connectivity index (χ0) is 16.3. The molecule has 2 rings (SSSR count). The van der Waals surface area contributed by atoms with Gasteiger partial charge in [0.25, 0.3) is 11.6 Å². The maximum absolute atomic E-state index is 12.2. The second-order valence-electron chi connectivity index (χ2n) is 4.22. The summed E-state index contributed by atoms with van der Waals surface area (Å²) in [7, 11) is 1.52. The third-order valence-corrected chi connectivity index (χ3v) is 3.77. The van der Waals surface area contributed by atoms with Crippen molar-refractivity contribution >= 4 is 44.8 Å². The van der Waals surface area contributed by atoms with E-state index < -0.39 is 10.8 Å². The van der Waals surface area contributed by atoms with E-state index in [1.807, 2.05) is 0 Å². The van der Waals surface area contributed by atoms with Crippen LogP contribution < -0.4 is 10.1 Å². The second kappa shape index (κ2) is 6.76. The van der Waals surface area contributed by atoms with E-state index in [0.717, 1.165) is 0 Å². The monoisotopic (exact) mass is 384 g/mol. The van der Waals surface area contributed by atoms with Gasteiger partial charge in [0.1, 0.15) is 5.75 Å². The van der Waals surface area contributed by atoms with Crippen LogP contribution in [-0.2, 0) is 0 Å². The summed E-state index contributed by atoms with van der Waals surface area (Å²) in [6, 6.07) is 8.62. The number of benzene rings is 2. The minimum atomic E-state index is -0.560. The molecule has 1 N–H and O–H groups in total. The van der Waals surface area contributed by atoms with Gasteiger partial charge in [-0.15, -0.1) is 0 Å². The van der Waals surface area contributed by atoms with Crippen LogP contribution in [0.5, 0.6) is 5.75 Å². The molecule has 6 nitrogen and oxygen atoms in total. The third kappa shape index (κ3) is 3.55. The maximum atomic E-state index is 12.2. The molecular weight excluding hydrogens is 376 g/mol. The van der Waals surface area contributed by atoms with E-state index in [-0.39, 0.29) is 16.4 Å². The van der Waals surface area contributed by atoms with E-state index in [0.29, 0.717) is 15.8 Å². The third-order valence-electron chi connectivity index (χ3n) is 2.82. The topological polar surface area (TPSA) is 81.5 Å². The zero-order valence-corrected chi connectivity index (χ0v) is 13.6. The van der Waals surface area contributed by atoms with E-state index in [4.69, 9.17) is 16.3 Å². The summed E-state index contributed by atoms with van der Waals surface area (Å²) in [4.78, 5) is 22.4. The van der Waals surface area contributed by atoms with Crippen molar-refractivity contribution in [2.24, 2.45) is 0 Å². The molecule has 22 heavy (non-hydrogen) atoms. The average molecular weight is 386 g/mol. The minimum absolute atomic E-state index is 0.157. The maximum Gasteiger partial charge on any atom is 0.271 e. The van der Waals surface area contributed by atoms with Crippen LogP contribution in [0.2, 0.25) is 5.02 Å². The second-order valence-corrected chi connectivity index (χ2v) is 5.49. The van der Waals surface area contributed by atoms with E-state index >= 15 is 0 Å². The molecule has 2 aromatic rings. The molecule has 1 amide bonds. The van der Waals surface area contributed by atoms with Crippen molar-refractivity contribution in [2.75, 3.05) is 12.4 Å². The first-order valence-electron chi connectivity index (χ1n) is 6.01. The highest BCUT2D eigenvalue weighted by Crippen LogP contribution is 2.29. The van der Waals surface area contributed by atoms with Crippen LogP contribution in [0.4, 0.5) is 11.4 Å². The Kier molecular flexibility index (Phi) is 4.99. The van der Waals surface area contributed by atoms with Crippen molar-refractivity contribution in [3.8, 4) is 5.75 Å². The summed E-state index contributed by atoms with van der Waals surface area (Å²) in [5.74, 6) is 0.149. The molecule has 8 heteroatoms. The fourth-order valence-corrected chi connectivity index (χ4v) is 2.43. The van der Waals surface area contributed by atoms with Crippen molar-refractivity contribution in [3.63, 3.8) is 0 Å². The number of halogens is 2. The van der Waals surface area contributed by atoms with Crippen LogP contribution in [0, 0.1) is 10.1 Å². The number of nitro benzene ring substituents is 1. The molecular formula is C14H10BrClN2O4. The Morgan fingerprint density at radius 3 is 2.64 bits per heavy atom. The van der Waals surface area contributed by atoms with Gasteiger partial charge in [-0.05, 0) is 40.2 Å². The first-order chi connectivity index (χ1) is 10.4. The van der Waals surface area contributed by atoms with Gasteiger partial charge >= 0.3 is 0 Å². The van der Waals surface area contributed by atoms with Gasteiger partial charge in [0, 0.05) is 17.7 Å². The Morgan fingerprint density at radius 1 is 1.32 bits per heavy atom. The molecule has 0 aliphatic rings. The first-order valence-corrected chi connectivity index (χ1v) is 7.18. The van der Waals surface area contributed by atoms with Crippen molar-refractivity contribution in [1.82, 2.24) is 0 Å². The largest absolute Gasteiger partial charge is 0.496 e. The molecule has 2 aromatic carbocycles. The van der Waals surface area contributed by atoms with Crippen LogP contribution in [-0.4, -0.2) is 17.9 Å². The summed E-state index contributed by atoms with van der Waals surface area (Å²) in [5.41, 5.74) is 0.374. The number of nitro groups is 1. The summed E-state index contributed by atoms with van der Waals surface area (Å²) in [5, 5.41) is 13.5. The number of hydrogen-bond donors (Lipinski definition) is 1. The summed E-state index contributed by atoms with van der Waals surface area (Å²) in [6.45, 7) is 0. The van der Waals surface area contributed by atoms with Gasteiger partial charge in [-0.2, -0.15) is 0 Å². The Hall–Kier alpha value is -2.12. The lowest BCUT2D eigenvalue weighted by molar-refractivity contribution is -0.384. The lowest BCUT2D eigenvalue weighted by Gasteiger charge is -2.09. The number of amides is 1. The molecule has 0 saturated carbocycles. The van der Waals surface area contributed by atoms with Crippen molar-refractivity contribution < 1.29 is 14.5 Å². The van der Waals surface area contributed by atoms with Gasteiger partial charge in [-0.3, -0.25) is 14.9 Å². The number of ether oxygens (including phenoxy) is 1. The number of carbonyl (C=O) groups excluding carboxylic acids is 1. The van der Waals surface area contributed by atoms with E-state index in [9.17, 15) is 14.9 Å². The summed E-state index contributed by atoms with van der Waals surface area (Å²) in [6.07, 6.45) is 0. The normalized spacial score (nSPS) is 10.1. The lowest BCUT2D eigenvalue weighted by atomic mass is 10.2. The van der Waals surface area contributed by atoms with Crippen molar-refractivity contribution in [3.05, 3.63) is 61.6 Å². The molecule has 0 unspecified atom stereocenters. The van der Waals surface area contributed by atoms with Crippen LogP contribution >= 0.6 is 27.5 Å². The molecule has 0 saturated heterocycles. The SMILES string of the molecule is COc1ccc(C(=O)Nc2cc([N+](=O)[O-])ccc2Cl)cc1Br. The van der Waals surface area contributed by atoms with E-state index in [1.54, 1.807) is 18.2 Å².